The van der Waals surface area contributed by atoms with E-state index in [0.717, 1.165) is 6.54 Å². The largest absolute Gasteiger partial charge is 0.480 e. The van der Waals surface area contributed by atoms with Crippen LogP contribution in [0.3, 0.4) is 0 Å². The van der Waals surface area contributed by atoms with Gasteiger partial charge in [-0.1, -0.05) is 11.6 Å². The molecule has 5 heteroatoms. The first-order valence-corrected chi connectivity index (χ1v) is 3.96. The number of anilines is 1. The van der Waals surface area contributed by atoms with Crippen LogP contribution in [-0.4, -0.2) is 23.6 Å². The summed E-state index contributed by atoms with van der Waals surface area (Å²) in [4.78, 5) is 7.95. The summed E-state index contributed by atoms with van der Waals surface area (Å²) >= 11 is 5.72. The van der Waals surface area contributed by atoms with E-state index in [1.807, 2.05) is 6.92 Å². The van der Waals surface area contributed by atoms with Gasteiger partial charge in [-0.25, -0.2) is 4.98 Å². The molecule has 0 fully saturated rings. The monoisotopic (exact) mass is 187 g/mol. The highest BCUT2D eigenvalue weighted by Crippen LogP contribution is 2.20. The lowest BCUT2D eigenvalue weighted by Gasteiger charge is -2.04. The van der Waals surface area contributed by atoms with Crippen molar-refractivity contribution in [2.75, 3.05) is 19.0 Å². The molecular formula is C7H10ClN3O. The molecule has 1 heterocycles. The van der Waals surface area contributed by atoms with Gasteiger partial charge in [0.05, 0.1) is 13.3 Å². The molecule has 1 aromatic heterocycles. The smallest absolute Gasteiger partial charge is 0.237 e. The average Bonchev–Trinajstić information content (AvgIpc) is 2.09. The second-order valence-electron chi connectivity index (χ2n) is 2.08. The van der Waals surface area contributed by atoms with Crippen LogP contribution < -0.4 is 10.1 Å². The molecule has 0 aliphatic carbocycles. The molecule has 0 unspecified atom stereocenters. The van der Waals surface area contributed by atoms with E-state index in [4.69, 9.17) is 16.3 Å². The predicted octanol–water partition coefficient (Wildman–Crippen LogP) is 1.57. The zero-order valence-corrected chi connectivity index (χ0v) is 7.72. The molecule has 1 rings (SSSR count). The molecule has 0 bridgehead atoms. The molecule has 12 heavy (non-hydrogen) atoms. The SMILES string of the molecule is CCNc1ncc(Cl)c(OC)n1. The maximum Gasteiger partial charge on any atom is 0.237 e. The lowest BCUT2D eigenvalue weighted by atomic mass is 10.6. The summed E-state index contributed by atoms with van der Waals surface area (Å²) in [6, 6.07) is 0. The number of hydrogen-bond donors (Lipinski definition) is 1. The van der Waals surface area contributed by atoms with Gasteiger partial charge in [0.1, 0.15) is 5.02 Å². The first-order valence-electron chi connectivity index (χ1n) is 3.58. The van der Waals surface area contributed by atoms with E-state index in [-0.39, 0.29) is 0 Å². The van der Waals surface area contributed by atoms with Crippen molar-refractivity contribution in [3.63, 3.8) is 0 Å². The maximum absolute atomic E-state index is 5.72. The van der Waals surface area contributed by atoms with E-state index in [1.165, 1.54) is 13.3 Å². The summed E-state index contributed by atoms with van der Waals surface area (Å²) in [5.74, 6) is 0.918. The zero-order valence-electron chi connectivity index (χ0n) is 6.97. The Morgan fingerprint density at radius 2 is 2.42 bits per heavy atom. The van der Waals surface area contributed by atoms with Gasteiger partial charge in [0.25, 0.3) is 0 Å². The van der Waals surface area contributed by atoms with Gasteiger partial charge < -0.3 is 10.1 Å². The molecule has 0 radical (unpaired) electrons. The number of ether oxygens (including phenoxy) is 1. The van der Waals surface area contributed by atoms with E-state index in [1.54, 1.807) is 0 Å². The molecular weight excluding hydrogens is 178 g/mol. The fourth-order valence-corrected chi connectivity index (χ4v) is 0.906. The third-order valence-corrected chi connectivity index (χ3v) is 1.50. The van der Waals surface area contributed by atoms with E-state index in [0.29, 0.717) is 16.9 Å². The maximum atomic E-state index is 5.72. The highest BCUT2D eigenvalue weighted by molar-refractivity contribution is 6.31. The van der Waals surface area contributed by atoms with E-state index in [2.05, 4.69) is 15.3 Å². The Kier molecular flexibility index (Phi) is 3.10. The lowest BCUT2D eigenvalue weighted by molar-refractivity contribution is 0.398. The third-order valence-electron chi connectivity index (χ3n) is 1.24. The molecule has 0 aliphatic rings. The quantitative estimate of drug-likeness (QED) is 0.781. The van der Waals surface area contributed by atoms with Crippen molar-refractivity contribution in [3.8, 4) is 5.88 Å². The molecule has 0 amide bonds. The minimum atomic E-state index is 0.391. The summed E-state index contributed by atoms with van der Waals surface area (Å²) < 4.78 is 4.91. The Bertz CT molecular complexity index is 267. The summed E-state index contributed by atoms with van der Waals surface area (Å²) in [5, 5.41) is 3.36. The van der Waals surface area contributed by atoms with E-state index >= 15 is 0 Å². The molecule has 0 aliphatic heterocycles. The fraction of sp³-hybridized carbons (Fsp3) is 0.429. The number of nitrogens with zero attached hydrogens (tertiary/aromatic N) is 2. The van der Waals surface area contributed by atoms with Crippen molar-refractivity contribution in [1.82, 2.24) is 9.97 Å². The molecule has 0 saturated carbocycles. The van der Waals surface area contributed by atoms with Crippen LogP contribution in [0, 0.1) is 0 Å². The van der Waals surface area contributed by atoms with Crippen LogP contribution >= 0.6 is 11.6 Å². The summed E-state index contributed by atoms with van der Waals surface area (Å²) in [6.07, 6.45) is 1.51. The van der Waals surface area contributed by atoms with Gasteiger partial charge >= 0.3 is 0 Å². The minimum Gasteiger partial charge on any atom is -0.480 e. The van der Waals surface area contributed by atoms with Crippen LogP contribution in [-0.2, 0) is 0 Å². The van der Waals surface area contributed by atoms with Crippen LogP contribution in [0.5, 0.6) is 5.88 Å². The molecule has 1 aromatic rings. The number of nitrogens with one attached hydrogen (secondary N) is 1. The molecule has 0 atom stereocenters. The predicted molar refractivity (Wildman–Crippen MR) is 47.8 cm³/mol. The zero-order chi connectivity index (χ0) is 8.97. The summed E-state index contributed by atoms with van der Waals surface area (Å²) in [5.41, 5.74) is 0. The van der Waals surface area contributed by atoms with E-state index < -0.39 is 0 Å². The Hall–Kier alpha value is -1.03. The summed E-state index contributed by atoms with van der Waals surface area (Å²) in [6.45, 7) is 2.73. The van der Waals surface area contributed by atoms with Gasteiger partial charge in [0, 0.05) is 6.54 Å². The Morgan fingerprint density at radius 3 is 3.00 bits per heavy atom. The van der Waals surface area contributed by atoms with Gasteiger partial charge in [-0.2, -0.15) is 4.98 Å². The Labute approximate surface area is 75.9 Å². The van der Waals surface area contributed by atoms with Gasteiger partial charge in [-0.3, -0.25) is 0 Å². The first kappa shape index (κ1) is 9.06. The van der Waals surface area contributed by atoms with Crippen molar-refractivity contribution < 1.29 is 4.74 Å². The van der Waals surface area contributed by atoms with Crippen LogP contribution in [0.15, 0.2) is 6.20 Å². The van der Waals surface area contributed by atoms with Crippen molar-refractivity contribution in [2.45, 2.75) is 6.92 Å². The summed E-state index contributed by atoms with van der Waals surface area (Å²) in [7, 11) is 1.52. The normalized spacial score (nSPS) is 9.58. The number of aromatic nitrogens is 2. The van der Waals surface area contributed by atoms with Crippen molar-refractivity contribution in [2.24, 2.45) is 0 Å². The second-order valence-corrected chi connectivity index (χ2v) is 2.49. The highest BCUT2D eigenvalue weighted by atomic mass is 35.5. The van der Waals surface area contributed by atoms with Crippen molar-refractivity contribution >= 4 is 17.5 Å². The second kappa shape index (κ2) is 4.11. The molecule has 1 N–H and O–H groups in total. The Balaban J connectivity index is 2.89. The standard InChI is InChI=1S/C7H10ClN3O/c1-3-9-7-10-4-5(8)6(11-7)12-2/h4H,3H2,1-2H3,(H,9,10,11). The minimum absolute atomic E-state index is 0.391. The highest BCUT2D eigenvalue weighted by Gasteiger charge is 2.03. The van der Waals surface area contributed by atoms with Crippen LogP contribution in [0.4, 0.5) is 5.95 Å². The van der Waals surface area contributed by atoms with Crippen molar-refractivity contribution in [1.29, 1.82) is 0 Å². The van der Waals surface area contributed by atoms with Gasteiger partial charge in [0.2, 0.25) is 11.8 Å². The Morgan fingerprint density at radius 1 is 1.67 bits per heavy atom. The lowest BCUT2D eigenvalue weighted by Crippen LogP contribution is -2.02. The van der Waals surface area contributed by atoms with E-state index in [9.17, 15) is 0 Å². The molecule has 4 nitrogen and oxygen atoms in total. The number of hydrogen-bond acceptors (Lipinski definition) is 4. The first-order chi connectivity index (χ1) is 5.77. The topological polar surface area (TPSA) is 47.0 Å². The van der Waals surface area contributed by atoms with Crippen LogP contribution in [0.25, 0.3) is 0 Å². The molecule has 0 saturated heterocycles. The number of halogens is 1. The van der Waals surface area contributed by atoms with Crippen molar-refractivity contribution in [3.05, 3.63) is 11.2 Å². The van der Waals surface area contributed by atoms with Gasteiger partial charge in [-0.05, 0) is 6.92 Å². The average molecular weight is 188 g/mol. The number of rotatable bonds is 3. The van der Waals surface area contributed by atoms with Crippen LogP contribution in [0.2, 0.25) is 5.02 Å². The third kappa shape index (κ3) is 1.98. The molecule has 0 spiro atoms. The fourth-order valence-electron chi connectivity index (χ4n) is 0.738. The van der Waals surface area contributed by atoms with Gasteiger partial charge in [-0.15, -0.1) is 0 Å². The molecule has 66 valence electrons. The number of methoxy groups -OCH3 is 1. The van der Waals surface area contributed by atoms with Gasteiger partial charge in [0.15, 0.2) is 0 Å². The molecule has 0 aromatic carbocycles. The van der Waals surface area contributed by atoms with Crippen LogP contribution in [0.1, 0.15) is 6.92 Å².